The van der Waals surface area contributed by atoms with Crippen LogP contribution in [0.2, 0.25) is 0 Å². The minimum absolute atomic E-state index is 0.0417. The fourth-order valence-electron chi connectivity index (χ4n) is 4.84. The highest BCUT2D eigenvalue weighted by atomic mass is 16.7. The first-order chi connectivity index (χ1) is 8.72. The van der Waals surface area contributed by atoms with E-state index in [0.29, 0.717) is 0 Å². The van der Waals surface area contributed by atoms with Gasteiger partial charge in [-0.15, -0.1) is 0 Å². The first-order valence-electron chi connectivity index (χ1n) is 7.10. The fraction of sp³-hybridized carbons (Fsp3) is 0.667. The van der Waals surface area contributed by atoms with Gasteiger partial charge in [-0.05, 0) is 62.3 Å². The van der Waals surface area contributed by atoms with Crippen LogP contribution in [0.5, 0.6) is 0 Å². The maximum absolute atomic E-state index is 11.8. The Kier molecular flexibility index (Phi) is 2.14. The summed E-state index contributed by atoms with van der Waals surface area (Å²) >= 11 is 0. The quantitative estimate of drug-likeness (QED) is 0.800. The smallest absolute Gasteiger partial charge is 0.282 e. The van der Waals surface area contributed by atoms with Crippen LogP contribution in [-0.2, 0) is 0 Å². The zero-order chi connectivity index (χ0) is 12.2. The van der Waals surface area contributed by atoms with Crippen molar-refractivity contribution in [3.05, 3.63) is 34.7 Å². The second kappa shape index (κ2) is 3.62. The summed E-state index contributed by atoms with van der Waals surface area (Å²) in [4.78, 5) is 17.9. The summed E-state index contributed by atoms with van der Waals surface area (Å²) < 4.78 is 1.45. The average Bonchev–Trinajstić information content (AvgIpc) is 2.30. The third-order valence-electron chi connectivity index (χ3n) is 5.06. The van der Waals surface area contributed by atoms with E-state index in [4.69, 9.17) is 4.84 Å². The van der Waals surface area contributed by atoms with Gasteiger partial charge >= 0.3 is 0 Å². The molecule has 1 aromatic heterocycles. The molecule has 3 nitrogen and oxygen atoms in total. The molecule has 4 saturated carbocycles. The van der Waals surface area contributed by atoms with E-state index in [1.54, 1.807) is 18.3 Å². The Labute approximate surface area is 107 Å². The molecule has 5 rings (SSSR count). The maximum Gasteiger partial charge on any atom is 0.282 e. The molecule has 0 spiro atoms. The van der Waals surface area contributed by atoms with Crippen LogP contribution in [0.3, 0.4) is 0 Å². The molecule has 96 valence electrons. The molecule has 0 unspecified atom stereocenters. The van der Waals surface area contributed by atoms with Crippen LogP contribution in [0.15, 0.2) is 29.2 Å². The predicted molar refractivity (Wildman–Crippen MR) is 68.2 cm³/mol. The molecule has 1 heterocycles. The number of aromatic nitrogens is 1. The van der Waals surface area contributed by atoms with Crippen molar-refractivity contribution in [2.24, 2.45) is 17.8 Å². The van der Waals surface area contributed by atoms with Crippen molar-refractivity contribution in [3.63, 3.8) is 0 Å². The summed E-state index contributed by atoms with van der Waals surface area (Å²) in [7, 11) is 0. The van der Waals surface area contributed by atoms with E-state index in [1.165, 1.54) is 24.0 Å². The summed E-state index contributed by atoms with van der Waals surface area (Å²) in [5.74, 6) is 2.53. The van der Waals surface area contributed by atoms with Gasteiger partial charge < -0.3 is 4.84 Å². The van der Waals surface area contributed by atoms with Crippen LogP contribution in [0.25, 0.3) is 0 Å². The number of rotatable bonds is 2. The summed E-state index contributed by atoms with van der Waals surface area (Å²) in [6, 6.07) is 5.20. The lowest BCUT2D eigenvalue weighted by atomic mass is 9.54. The molecule has 4 bridgehead atoms. The lowest BCUT2D eigenvalue weighted by molar-refractivity contribution is -0.166. The first kappa shape index (κ1) is 10.7. The number of nitrogens with zero attached hydrogens (tertiary/aromatic N) is 1. The van der Waals surface area contributed by atoms with Gasteiger partial charge in [0.15, 0.2) is 0 Å². The number of hydrogen-bond donors (Lipinski definition) is 0. The van der Waals surface area contributed by atoms with Gasteiger partial charge in [0.1, 0.15) is 5.60 Å². The second-order valence-corrected chi connectivity index (χ2v) is 6.56. The molecule has 4 aliphatic rings. The van der Waals surface area contributed by atoms with Crippen molar-refractivity contribution in [3.8, 4) is 0 Å². The van der Waals surface area contributed by atoms with Crippen LogP contribution in [0, 0.1) is 17.8 Å². The zero-order valence-electron chi connectivity index (χ0n) is 10.5. The maximum atomic E-state index is 11.8. The van der Waals surface area contributed by atoms with Crippen LogP contribution < -0.4 is 10.4 Å². The van der Waals surface area contributed by atoms with Crippen LogP contribution >= 0.6 is 0 Å². The Morgan fingerprint density at radius 3 is 2.22 bits per heavy atom. The monoisotopic (exact) mass is 245 g/mol. The van der Waals surface area contributed by atoms with E-state index >= 15 is 0 Å². The van der Waals surface area contributed by atoms with Gasteiger partial charge in [0, 0.05) is 12.3 Å². The zero-order valence-corrected chi connectivity index (χ0v) is 10.5. The SMILES string of the molecule is O=c1ccccn1OC12CC3CC(CC(C3)C1)C2. The van der Waals surface area contributed by atoms with Gasteiger partial charge in [0.2, 0.25) is 0 Å². The summed E-state index contributed by atoms with van der Waals surface area (Å²) in [6.45, 7) is 0. The molecule has 18 heavy (non-hydrogen) atoms. The molecule has 0 aliphatic heterocycles. The van der Waals surface area contributed by atoms with Crippen molar-refractivity contribution in [1.82, 2.24) is 4.73 Å². The van der Waals surface area contributed by atoms with Crippen molar-refractivity contribution in [2.45, 2.75) is 44.1 Å². The molecule has 0 aromatic carbocycles. The van der Waals surface area contributed by atoms with Gasteiger partial charge in [0.05, 0.1) is 0 Å². The highest BCUT2D eigenvalue weighted by Crippen LogP contribution is 2.56. The van der Waals surface area contributed by atoms with E-state index in [0.717, 1.165) is 37.0 Å². The lowest BCUT2D eigenvalue weighted by Gasteiger charge is -2.55. The molecule has 0 amide bonds. The molecule has 4 aliphatic carbocycles. The second-order valence-electron chi connectivity index (χ2n) is 6.56. The van der Waals surface area contributed by atoms with Crippen LogP contribution in [0.4, 0.5) is 0 Å². The molecular weight excluding hydrogens is 226 g/mol. The van der Waals surface area contributed by atoms with Gasteiger partial charge in [0.25, 0.3) is 5.56 Å². The third-order valence-corrected chi connectivity index (χ3v) is 5.06. The predicted octanol–water partition coefficient (Wildman–Crippen LogP) is 2.25. The van der Waals surface area contributed by atoms with Gasteiger partial charge in [-0.1, -0.05) is 6.07 Å². The van der Waals surface area contributed by atoms with Crippen LogP contribution in [0.1, 0.15) is 38.5 Å². The standard InChI is InChI=1S/C15H19NO2/c17-14-3-1-2-4-16(14)18-15-8-11-5-12(9-15)7-13(6-11)10-15/h1-4,11-13H,5-10H2. The molecule has 0 radical (unpaired) electrons. The summed E-state index contributed by atoms with van der Waals surface area (Å²) in [6.07, 6.45) is 9.40. The van der Waals surface area contributed by atoms with Gasteiger partial charge in [-0.25, -0.2) is 0 Å². The molecule has 1 aromatic rings. The minimum Gasteiger partial charge on any atom is -0.404 e. The summed E-state index contributed by atoms with van der Waals surface area (Å²) in [5.41, 5.74) is -0.0897. The highest BCUT2D eigenvalue weighted by Gasteiger charge is 2.53. The topological polar surface area (TPSA) is 31.2 Å². The summed E-state index contributed by atoms with van der Waals surface area (Å²) in [5, 5.41) is 0. The Morgan fingerprint density at radius 2 is 1.67 bits per heavy atom. The molecule has 0 saturated heterocycles. The normalized spacial score (nSPS) is 41.0. The first-order valence-corrected chi connectivity index (χ1v) is 7.10. The van der Waals surface area contributed by atoms with Crippen LogP contribution in [-0.4, -0.2) is 10.3 Å². The van der Waals surface area contributed by atoms with Crippen molar-refractivity contribution < 1.29 is 4.84 Å². The number of hydrogen-bond acceptors (Lipinski definition) is 2. The Balaban J connectivity index is 1.65. The van der Waals surface area contributed by atoms with E-state index < -0.39 is 0 Å². The van der Waals surface area contributed by atoms with Crippen molar-refractivity contribution >= 4 is 0 Å². The van der Waals surface area contributed by atoms with E-state index in [9.17, 15) is 4.79 Å². The van der Waals surface area contributed by atoms with Gasteiger partial charge in [-0.3, -0.25) is 4.79 Å². The molecular formula is C15H19NO2. The largest absolute Gasteiger partial charge is 0.404 e. The van der Waals surface area contributed by atoms with E-state index in [1.807, 2.05) is 6.07 Å². The Bertz CT molecular complexity index is 484. The average molecular weight is 245 g/mol. The van der Waals surface area contributed by atoms with E-state index in [-0.39, 0.29) is 11.2 Å². The Morgan fingerprint density at radius 1 is 1.06 bits per heavy atom. The van der Waals surface area contributed by atoms with Crippen molar-refractivity contribution in [2.75, 3.05) is 0 Å². The minimum atomic E-state index is -0.0479. The van der Waals surface area contributed by atoms with Gasteiger partial charge in [-0.2, -0.15) is 4.73 Å². The molecule has 3 heteroatoms. The molecule has 0 atom stereocenters. The fourth-order valence-corrected chi connectivity index (χ4v) is 4.84. The highest BCUT2D eigenvalue weighted by molar-refractivity contribution is 5.03. The third kappa shape index (κ3) is 1.60. The molecule has 4 fully saturated rings. The van der Waals surface area contributed by atoms with E-state index in [2.05, 4.69) is 0 Å². The molecule has 0 N–H and O–H groups in total. The lowest BCUT2D eigenvalue weighted by Crippen LogP contribution is -2.56. The Hall–Kier alpha value is -1.25. The number of pyridine rings is 1. The van der Waals surface area contributed by atoms with Crippen molar-refractivity contribution in [1.29, 1.82) is 0 Å².